The highest BCUT2D eigenvalue weighted by Crippen LogP contribution is 2.37. The van der Waals surface area contributed by atoms with Gasteiger partial charge in [-0.05, 0) is 23.8 Å². The van der Waals surface area contributed by atoms with Crippen molar-refractivity contribution in [3.8, 4) is 5.69 Å². The first-order chi connectivity index (χ1) is 12.1. The summed E-state index contributed by atoms with van der Waals surface area (Å²) in [6.07, 6.45) is -5.30. The van der Waals surface area contributed by atoms with Crippen molar-refractivity contribution in [2.24, 2.45) is 0 Å². The molecule has 27 heavy (non-hydrogen) atoms. The number of hydrogen-bond acceptors (Lipinski definition) is 0. The lowest BCUT2D eigenvalue weighted by Gasteiger charge is -2.12. The molecule has 2 nitrogen and oxygen atoms in total. The third-order valence-electron chi connectivity index (χ3n) is 3.77. The molecule has 3 rings (SSSR count). The summed E-state index contributed by atoms with van der Waals surface area (Å²) in [7, 11) is 0. The van der Waals surface area contributed by atoms with Crippen molar-refractivity contribution in [2.75, 3.05) is 0 Å². The maximum absolute atomic E-state index is 13.0. The van der Waals surface area contributed by atoms with Crippen LogP contribution in [0.25, 0.3) is 5.69 Å². The van der Waals surface area contributed by atoms with Crippen molar-refractivity contribution < 1.29 is 43.3 Å². The van der Waals surface area contributed by atoms with E-state index in [2.05, 4.69) is 0 Å². The third kappa shape index (κ3) is 5.03. The van der Waals surface area contributed by atoms with Crippen molar-refractivity contribution in [1.29, 1.82) is 0 Å². The zero-order chi connectivity index (χ0) is 18.9. The Kier molecular flexibility index (Phi) is 5.89. The lowest BCUT2D eigenvalue weighted by atomic mass is 10.1. The maximum atomic E-state index is 13.0. The number of alkyl halides is 6. The van der Waals surface area contributed by atoms with Gasteiger partial charge in [0, 0.05) is 0 Å². The summed E-state index contributed by atoms with van der Waals surface area (Å²) in [4.78, 5) is 0. The number of nitrogens with zero attached hydrogens (tertiary/aromatic N) is 2. The molecule has 0 saturated carbocycles. The Morgan fingerprint density at radius 1 is 0.815 bits per heavy atom. The topological polar surface area (TPSA) is 8.81 Å². The van der Waals surface area contributed by atoms with Crippen LogP contribution in [0.15, 0.2) is 67.3 Å². The molecule has 9 heteroatoms. The molecule has 0 spiro atoms. The second kappa shape index (κ2) is 7.64. The zero-order valence-electron chi connectivity index (χ0n) is 13.6. The molecule has 0 N–H and O–H groups in total. The van der Waals surface area contributed by atoms with E-state index in [1.165, 1.54) is 17.1 Å². The van der Waals surface area contributed by atoms with Crippen LogP contribution >= 0.6 is 0 Å². The second-order valence-electron chi connectivity index (χ2n) is 5.74. The molecule has 0 aliphatic heterocycles. The monoisotopic (exact) mass is 406 g/mol. The first kappa shape index (κ1) is 20.8. The standard InChI is InChI=1S/C18H13F6N2.ClH/c19-17(20,21)14-8-15(18(22,23)24)10-16(9-14)26-7-6-25(12-26)11-13-4-2-1-3-5-13;/h1-10,12H,11H2;1H/q+1;/p-1. The summed E-state index contributed by atoms with van der Waals surface area (Å²) in [5, 5.41) is 0. The van der Waals surface area contributed by atoms with Gasteiger partial charge in [0.15, 0.2) is 0 Å². The number of benzene rings is 2. The van der Waals surface area contributed by atoms with Gasteiger partial charge in [-0.1, -0.05) is 30.3 Å². The molecule has 0 fully saturated rings. The predicted octanol–water partition coefficient (Wildman–Crippen LogP) is 1.85. The molecule has 0 radical (unpaired) electrons. The molecule has 1 aromatic heterocycles. The van der Waals surface area contributed by atoms with Gasteiger partial charge in [-0.25, -0.2) is 9.13 Å². The molecular weight excluding hydrogens is 394 g/mol. The first-order valence-corrected chi connectivity index (χ1v) is 7.54. The normalized spacial score (nSPS) is 11.9. The fourth-order valence-electron chi connectivity index (χ4n) is 2.52. The van der Waals surface area contributed by atoms with Gasteiger partial charge in [0.2, 0.25) is 6.33 Å². The lowest BCUT2D eigenvalue weighted by Crippen LogP contribution is -3.00. The van der Waals surface area contributed by atoms with Crippen LogP contribution in [0.3, 0.4) is 0 Å². The molecule has 144 valence electrons. The molecule has 1 heterocycles. The largest absolute Gasteiger partial charge is 1.00 e. The number of imidazole rings is 1. The average Bonchev–Trinajstić information content (AvgIpc) is 3.02. The smallest absolute Gasteiger partial charge is 0.416 e. The van der Waals surface area contributed by atoms with E-state index < -0.39 is 23.5 Å². The van der Waals surface area contributed by atoms with Crippen LogP contribution in [0.5, 0.6) is 0 Å². The third-order valence-corrected chi connectivity index (χ3v) is 3.77. The Hall–Kier alpha value is -2.48. The highest BCUT2D eigenvalue weighted by Gasteiger charge is 2.37. The van der Waals surface area contributed by atoms with Crippen molar-refractivity contribution in [1.82, 2.24) is 4.57 Å². The van der Waals surface area contributed by atoms with E-state index in [1.807, 2.05) is 30.3 Å². The number of rotatable bonds is 3. The van der Waals surface area contributed by atoms with Crippen LogP contribution in [-0.2, 0) is 18.9 Å². The molecule has 0 atom stereocenters. The number of aromatic nitrogens is 2. The van der Waals surface area contributed by atoms with Gasteiger partial charge in [-0.3, -0.25) is 0 Å². The van der Waals surface area contributed by atoms with Gasteiger partial charge in [-0.2, -0.15) is 26.3 Å². The molecule has 0 aliphatic rings. The number of hydrogen-bond donors (Lipinski definition) is 0. The van der Waals surface area contributed by atoms with Gasteiger partial charge in [0.1, 0.15) is 24.6 Å². The molecule has 0 bridgehead atoms. The zero-order valence-corrected chi connectivity index (χ0v) is 14.4. The molecule has 0 amide bonds. The van der Waals surface area contributed by atoms with Gasteiger partial charge in [-0.15, -0.1) is 0 Å². The minimum absolute atomic E-state index is 0. The Morgan fingerprint density at radius 3 is 1.89 bits per heavy atom. The van der Waals surface area contributed by atoms with Gasteiger partial charge in [0.05, 0.1) is 11.1 Å². The van der Waals surface area contributed by atoms with Crippen molar-refractivity contribution in [2.45, 2.75) is 18.9 Å². The van der Waals surface area contributed by atoms with Crippen LogP contribution in [0.4, 0.5) is 26.3 Å². The highest BCUT2D eigenvalue weighted by atomic mass is 35.5. The van der Waals surface area contributed by atoms with Crippen LogP contribution in [0.1, 0.15) is 16.7 Å². The highest BCUT2D eigenvalue weighted by molar-refractivity contribution is 5.42. The first-order valence-electron chi connectivity index (χ1n) is 7.54. The maximum Gasteiger partial charge on any atom is 0.416 e. The second-order valence-corrected chi connectivity index (χ2v) is 5.74. The Morgan fingerprint density at radius 2 is 1.37 bits per heavy atom. The summed E-state index contributed by atoms with van der Waals surface area (Å²) in [5.74, 6) is 0. The average molecular weight is 407 g/mol. The fraction of sp³-hybridized carbons (Fsp3) is 0.167. The summed E-state index contributed by atoms with van der Waals surface area (Å²) in [6.45, 7) is 0.443. The van der Waals surface area contributed by atoms with Crippen LogP contribution < -0.4 is 17.0 Å². The quantitative estimate of drug-likeness (QED) is 0.464. The summed E-state index contributed by atoms with van der Waals surface area (Å²) in [5.41, 5.74) is -1.94. The van der Waals surface area contributed by atoms with E-state index in [9.17, 15) is 26.3 Å². The van der Waals surface area contributed by atoms with Crippen LogP contribution in [0, 0.1) is 0 Å². The lowest BCUT2D eigenvalue weighted by molar-refractivity contribution is -0.687. The number of halogens is 7. The molecule has 0 unspecified atom stereocenters. The van der Waals surface area contributed by atoms with E-state index in [-0.39, 0.29) is 24.2 Å². The van der Waals surface area contributed by atoms with E-state index in [0.29, 0.717) is 18.7 Å². The molecule has 0 saturated heterocycles. The Bertz CT molecular complexity index is 868. The van der Waals surface area contributed by atoms with Gasteiger partial charge >= 0.3 is 12.4 Å². The van der Waals surface area contributed by atoms with Gasteiger partial charge < -0.3 is 12.4 Å². The van der Waals surface area contributed by atoms with Crippen LogP contribution in [-0.4, -0.2) is 4.57 Å². The molecule has 0 aliphatic carbocycles. The summed E-state index contributed by atoms with van der Waals surface area (Å²) >= 11 is 0. The minimum Gasteiger partial charge on any atom is -1.00 e. The van der Waals surface area contributed by atoms with Crippen molar-refractivity contribution in [3.63, 3.8) is 0 Å². The molecule has 3 aromatic rings. The molecular formula is C18H13ClF6N2. The minimum atomic E-state index is -4.87. The van der Waals surface area contributed by atoms with E-state index in [4.69, 9.17) is 0 Å². The van der Waals surface area contributed by atoms with Crippen molar-refractivity contribution >= 4 is 0 Å². The van der Waals surface area contributed by atoms with Crippen molar-refractivity contribution in [3.05, 3.63) is 83.9 Å². The Labute approximate surface area is 157 Å². The van der Waals surface area contributed by atoms with E-state index in [1.54, 1.807) is 10.8 Å². The SMILES string of the molecule is FC(F)(F)c1cc(-n2cc[n+](Cc3ccccc3)c2)cc(C(F)(F)F)c1.[Cl-]. The summed E-state index contributed by atoms with van der Waals surface area (Å²) < 4.78 is 80.7. The Balaban J connectivity index is 0.00000261. The van der Waals surface area contributed by atoms with E-state index >= 15 is 0 Å². The van der Waals surface area contributed by atoms with Gasteiger partial charge in [0.25, 0.3) is 0 Å². The van der Waals surface area contributed by atoms with Crippen LogP contribution in [0.2, 0.25) is 0 Å². The predicted molar refractivity (Wildman–Crippen MR) is 81.5 cm³/mol. The fourth-order valence-corrected chi connectivity index (χ4v) is 2.52. The van der Waals surface area contributed by atoms with E-state index in [0.717, 1.165) is 5.56 Å². The molecule has 2 aromatic carbocycles. The summed E-state index contributed by atoms with van der Waals surface area (Å²) in [6, 6.07) is 10.8.